The Balaban J connectivity index is 2.27. The first kappa shape index (κ1) is 15.2. The van der Waals surface area contributed by atoms with Crippen molar-refractivity contribution in [3.8, 4) is 0 Å². The predicted molar refractivity (Wildman–Crippen MR) is 73.7 cm³/mol. The Labute approximate surface area is 121 Å². The number of piperidine rings is 1. The monoisotopic (exact) mass is 302 g/mol. The van der Waals surface area contributed by atoms with E-state index in [-0.39, 0.29) is 16.6 Å². The maximum absolute atomic E-state index is 13.8. The van der Waals surface area contributed by atoms with Gasteiger partial charge < -0.3 is 10.6 Å². The molecule has 1 aromatic rings. The molecular formula is C14H17ClF2N2O. The molecule has 110 valence electrons. The number of amides is 1. The van der Waals surface area contributed by atoms with Crippen molar-refractivity contribution >= 4 is 17.5 Å². The summed E-state index contributed by atoms with van der Waals surface area (Å²) < 4.78 is 27.3. The van der Waals surface area contributed by atoms with Gasteiger partial charge in [0, 0.05) is 12.6 Å². The first-order valence-corrected chi connectivity index (χ1v) is 7.08. The van der Waals surface area contributed by atoms with Crippen LogP contribution >= 0.6 is 11.6 Å². The summed E-state index contributed by atoms with van der Waals surface area (Å²) in [6.45, 7) is 1.01. The molecule has 0 bridgehead atoms. The minimum Gasteiger partial charge on any atom is -0.336 e. The first-order chi connectivity index (χ1) is 9.54. The summed E-state index contributed by atoms with van der Waals surface area (Å²) in [6, 6.07) is 1.71. The van der Waals surface area contributed by atoms with Crippen LogP contribution in [-0.2, 0) is 0 Å². The molecule has 1 amide bonds. The molecular weight excluding hydrogens is 286 g/mol. The Hall–Kier alpha value is -1.20. The number of benzene rings is 1. The van der Waals surface area contributed by atoms with Gasteiger partial charge in [-0.15, -0.1) is 0 Å². The van der Waals surface area contributed by atoms with Gasteiger partial charge in [0.25, 0.3) is 5.91 Å². The number of nitrogens with zero attached hydrogens (tertiary/aromatic N) is 1. The lowest BCUT2D eigenvalue weighted by Crippen LogP contribution is -2.44. The van der Waals surface area contributed by atoms with Crippen LogP contribution in [0.4, 0.5) is 8.78 Å². The molecule has 1 saturated heterocycles. The number of rotatable bonds is 3. The Morgan fingerprint density at radius 3 is 2.80 bits per heavy atom. The van der Waals surface area contributed by atoms with Crippen molar-refractivity contribution in [2.24, 2.45) is 5.73 Å². The molecule has 1 atom stereocenters. The van der Waals surface area contributed by atoms with E-state index in [4.69, 9.17) is 17.3 Å². The lowest BCUT2D eigenvalue weighted by Gasteiger charge is -2.35. The molecule has 0 spiro atoms. The number of carbonyl (C=O) groups is 1. The zero-order valence-electron chi connectivity index (χ0n) is 11.0. The van der Waals surface area contributed by atoms with Crippen LogP contribution in [0.1, 0.15) is 36.0 Å². The Bertz CT molecular complexity index is 508. The Morgan fingerprint density at radius 1 is 1.35 bits per heavy atom. The summed E-state index contributed by atoms with van der Waals surface area (Å²) in [6.07, 6.45) is 3.40. The number of hydrogen-bond acceptors (Lipinski definition) is 2. The molecule has 1 aliphatic heterocycles. The quantitative estimate of drug-likeness (QED) is 0.873. The van der Waals surface area contributed by atoms with Gasteiger partial charge in [0.05, 0.1) is 10.6 Å². The first-order valence-electron chi connectivity index (χ1n) is 6.70. The molecule has 3 nitrogen and oxygen atoms in total. The van der Waals surface area contributed by atoms with E-state index >= 15 is 0 Å². The standard InChI is InChI=1S/C14H17ClF2N2O/c15-11-8-12(16)10(7-13(11)17)14(20)19-6-2-1-3-9(19)4-5-18/h7-9H,1-6,18H2. The molecule has 20 heavy (non-hydrogen) atoms. The van der Waals surface area contributed by atoms with Crippen LogP contribution < -0.4 is 5.73 Å². The molecule has 1 aliphatic rings. The van der Waals surface area contributed by atoms with E-state index in [0.717, 1.165) is 31.4 Å². The highest BCUT2D eigenvalue weighted by Crippen LogP contribution is 2.25. The lowest BCUT2D eigenvalue weighted by molar-refractivity contribution is 0.0599. The Kier molecular flexibility index (Phi) is 4.94. The third-order valence-electron chi connectivity index (χ3n) is 3.63. The average molecular weight is 303 g/mol. The largest absolute Gasteiger partial charge is 0.336 e. The molecule has 0 saturated carbocycles. The van der Waals surface area contributed by atoms with Gasteiger partial charge in [-0.25, -0.2) is 8.78 Å². The van der Waals surface area contributed by atoms with Gasteiger partial charge in [0.1, 0.15) is 11.6 Å². The number of nitrogens with two attached hydrogens (primary N) is 1. The minimum absolute atomic E-state index is 0.000565. The van der Waals surface area contributed by atoms with E-state index in [0.29, 0.717) is 19.5 Å². The third kappa shape index (κ3) is 3.10. The van der Waals surface area contributed by atoms with E-state index < -0.39 is 17.5 Å². The van der Waals surface area contributed by atoms with Crippen molar-refractivity contribution in [3.63, 3.8) is 0 Å². The van der Waals surface area contributed by atoms with Crippen molar-refractivity contribution in [1.82, 2.24) is 4.90 Å². The molecule has 2 rings (SSSR count). The maximum Gasteiger partial charge on any atom is 0.257 e. The topological polar surface area (TPSA) is 46.3 Å². The second-order valence-electron chi connectivity index (χ2n) is 4.97. The van der Waals surface area contributed by atoms with Gasteiger partial charge >= 0.3 is 0 Å². The zero-order chi connectivity index (χ0) is 14.7. The van der Waals surface area contributed by atoms with Crippen molar-refractivity contribution in [2.75, 3.05) is 13.1 Å². The summed E-state index contributed by atoms with van der Waals surface area (Å²) in [5.41, 5.74) is 5.28. The lowest BCUT2D eigenvalue weighted by atomic mass is 9.98. The van der Waals surface area contributed by atoms with Crippen molar-refractivity contribution in [2.45, 2.75) is 31.7 Å². The van der Waals surface area contributed by atoms with Crippen LogP contribution in [0.15, 0.2) is 12.1 Å². The fraction of sp³-hybridized carbons (Fsp3) is 0.500. The van der Waals surface area contributed by atoms with Crippen LogP contribution in [0.2, 0.25) is 5.02 Å². The van der Waals surface area contributed by atoms with E-state index in [1.807, 2.05) is 0 Å². The van der Waals surface area contributed by atoms with Gasteiger partial charge in [-0.05, 0) is 44.4 Å². The van der Waals surface area contributed by atoms with Crippen LogP contribution in [-0.4, -0.2) is 29.9 Å². The van der Waals surface area contributed by atoms with E-state index in [1.54, 1.807) is 4.90 Å². The predicted octanol–water partition coefficient (Wildman–Crippen LogP) is 2.96. The van der Waals surface area contributed by atoms with Crippen LogP contribution in [0.5, 0.6) is 0 Å². The van der Waals surface area contributed by atoms with Crippen LogP contribution in [0, 0.1) is 11.6 Å². The summed E-state index contributed by atoms with van der Waals surface area (Å²) in [5.74, 6) is -2.07. The molecule has 0 aromatic heterocycles. The average Bonchev–Trinajstić information content (AvgIpc) is 2.43. The smallest absolute Gasteiger partial charge is 0.257 e. The van der Waals surface area contributed by atoms with Crippen molar-refractivity contribution in [1.29, 1.82) is 0 Å². The van der Waals surface area contributed by atoms with Gasteiger partial charge in [-0.2, -0.15) is 0 Å². The molecule has 0 radical (unpaired) electrons. The van der Waals surface area contributed by atoms with Gasteiger partial charge in [-0.1, -0.05) is 11.6 Å². The number of carbonyl (C=O) groups excluding carboxylic acids is 1. The van der Waals surface area contributed by atoms with Gasteiger partial charge in [0.15, 0.2) is 0 Å². The fourth-order valence-electron chi connectivity index (χ4n) is 2.60. The SMILES string of the molecule is NCCC1CCCCN1C(=O)c1cc(F)c(Cl)cc1F. The summed E-state index contributed by atoms with van der Waals surface area (Å²) in [4.78, 5) is 14.0. The molecule has 0 aliphatic carbocycles. The normalized spacial score (nSPS) is 19.2. The second-order valence-corrected chi connectivity index (χ2v) is 5.38. The van der Waals surface area contributed by atoms with E-state index in [1.165, 1.54) is 0 Å². The number of likely N-dealkylation sites (tertiary alicyclic amines) is 1. The molecule has 6 heteroatoms. The summed E-state index contributed by atoms with van der Waals surface area (Å²) in [5, 5.41) is -0.323. The van der Waals surface area contributed by atoms with Crippen LogP contribution in [0.3, 0.4) is 0 Å². The second kappa shape index (κ2) is 6.50. The van der Waals surface area contributed by atoms with Crippen LogP contribution in [0.25, 0.3) is 0 Å². The highest BCUT2D eigenvalue weighted by Gasteiger charge is 2.29. The molecule has 1 aromatic carbocycles. The van der Waals surface area contributed by atoms with Gasteiger partial charge in [0.2, 0.25) is 0 Å². The zero-order valence-corrected chi connectivity index (χ0v) is 11.8. The molecule has 1 unspecified atom stereocenters. The minimum atomic E-state index is -0.793. The van der Waals surface area contributed by atoms with E-state index in [9.17, 15) is 13.6 Å². The molecule has 2 N–H and O–H groups in total. The summed E-state index contributed by atoms with van der Waals surface area (Å²) in [7, 11) is 0. The molecule has 1 fully saturated rings. The van der Waals surface area contributed by atoms with E-state index in [2.05, 4.69) is 0 Å². The van der Waals surface area contributed by atoms with Crippen molar-refractivity contribution in [3.05, 3.63) is 34.4 Å². The number of hydrogen-bond donors (Lipinski definition) is 1. The third-order valence-corrected chi connectivity index (χ3v) is 3.92. The Morgan fingerprint density at radius 2 is 2.10 bits per heavy atom. The number of halogens is 3. The molecule has 1 heterocycles. The fourth-order valence-corrected chi connectivity index (χ4v) is 2.75. The van der Waals surface area contributed by atoms with Crippen molar-refractivity contribution < 1.29 is 13.6 Å². The highest BCUT2D eigenvalue weighted by atomic mass is 35.5. The van der Waals surface area contributed by atoms with Gasteiger partial charge in [-0.3, -0.25) is 4.79 Å². The highest BCUT2D eigenvalue weighted by molar-refractivity contribution is 6.30. The maximum atomic E-state index is 13.8. The summed E-state index contributed by atoms with van der Waals surface area (Å²) >= 11 is 5.50.